The van der Waals surface area contributed by atoms with Gasteiger partial charge >= 0.3 is 0 Å². The largest absolute Gasteiger partial charge is 0.349 e. The van der Waals surface area contributed by atoms with Crippen LogP contribution in [0.15, 0.2) is 0 Å². The maximum atomic E-state index is 11.5. The van der Waals surface area contributed by atoms with Crippen molar-refractivity contribution in [2.45, 2.75) is 30.6 Å². The van der Waals surface area contributed by atoms with Crippen LogP contribution in [0.4, 0.5) is 0 Å². The van der Waals surface area contributed by atoms with E-state index in [0.29, 0.717) is 5.33 Å². The first-order valence-electron chi connectivity index (χ1n) is 4.38. The Labute approximate surface area is 92.5 Å². The van der Waals surface area contributed by atoms with Crippen molar-refractivity contribution in [1.29, 1.82) is 0 Å². The van der Waals surface area contributed by atoms with Gasteiger partial charge < -0.3 is 5.32 Å². The fourth-order valence-corrected chi connectivity index (χ4v) is 2.15. The summed E-state index contributed by atoms with van der Waals surface area (Å²) in [6.45, 7) is 1.41. The van der Waals surface area contributed by atoms with Gasteiger partial charge in [0.25, 0.3) is 0 Å². The monoisotopic (exact) mass is 283 g/mol. The molecule has 0 aromatic carbocycles. The summed E-state index contributed by atoms with van der Waals surface area (Å²) in [5.74, 6) is -0.399. The summed E-state index contributed by atoms with van der Waals surface area (Å²) in [6.07, 6.45) is 2.91. The summed E-state index contributed by atoms with van der Waals surface area (Å²) in [5.41, 5.74) is -0.184. The number of carbonyl (C=O) groups excluding carboxylic acids is 1. The van der Waals surface area contributed by atoms with Gasteiger partial charge in [0.1, 0.15) is 5.25 Å². The predicted octanol–water partition coefficient (Wildman–Crippen LogP) is 0.463. The van der Waals surface area contributed by atoms with Crippen molar-refractivity contribution in [1.82, 2.24) is 5.32 Å². The molecule has 1 unspecified atom stereocenters. The Kier molecular flexibility index (Phi) is 3.26. The van der Waals surface area contributed by atoms with Crippen molar-refractivity contribution in [3.63, 3.8) is 0 Å². The van der Waals surface area contributed by atoms with Crippen LogP contribution in [-0.2, 0) is 14.6 Å². The van der Waals surface area contributed by atoms with Gasteiger partial charge in [0.05, 0.1) is 0 Å². The van der Waals surface area contributed by atoms with E-state index in [0.717, 1.165) is 19.1 Å². The van der Waals surface area contributed by atoms with Crippen LogP contribution in [0.2, 0.25) is 0 Å². The lowest BCUT2D eigenvalue weighted by molar-refractivity contribution is -0.121. The molecule has 1 aliphatic rings. The molecule has 0 spiro atoms. The molecule has 1 saturated carbocycles. The van der Waals surface area contributed by atoms with Gasteiger partial charge in [0.2, 0.25) is 5.91 Å². The summed E-state index contributed by atoms with van der Waals surface area (Å²) >= 11 is 3.30. The highest BCUT2D eigenvalue weighted by Gasteiger charge is 2.44. The van der Waals surface area contributed by atoms with Crippen LogP contribution in [0.25, 0.3) is 0 Å². The number of rotatable bonds is 4. The number of alkyl halides is 1. The Morgan fingerprint density at radius 3 is 2.36 bits per heavy atom. The molecule has 0 saturated heterocycles. The van der Waals surface area contributed by atoms with Crippen molar-refractivity contribution in [3.8, 4) is 0 Å². The van der Waals surface area contributed by atoms with E-state index < -0.39 is 21.0 Å². The molecule has 0 aliphatic heterocycles. The van der Waals surface area contributed by atoms with Gasteiger partial charge in [-0.2, -0.15) is 0 Å². The molecule has 0 aromatic rings. The van der Waals surface area contributed by atoms with Crippen LogP contribution in [-0.4, -0.2) is 36.7 Å². The highest BCUT2D eigenvalue weighted by Crippen LogP contribution is 2.37. The molecular formula is C8H14BrNO3S. The minimum absolute atomic E-state index is 0.184. The smallest absolute Gasteiger partial charge is 0.238 e. The summed E-state index contributed by atoms with van der Waals surface area (Å²) < 4.78 is 22.2. The molecular weight excluding hydrogens is 270 g/mol. The average Bonchev–Trinajstić information content (AvgIpc) is 2.82. The van der Waals surface area contributed by atoms with Crippen LogP contribution in [0.1, 0.15) is 19.8 Å². The Balaban J connectivity index is 2.59. The van der Waals surface area contributed by atoms with Crippen molar-refractivity contribution in [2.75, 3.05) is 11.6 Å². The number of amides is 1. The maximum absolute atomic E-state index is 11.5. The van der Waals surface area contributed by atoms with E-state index in [9.17, 15) is 13.2 Å². The molecule has 0 bridgehead atoms. The number of halogens is 1. The van der Waals surface area contributed by atoms with Crippen LogP contribution >= 0.6 is 15.9 Å². The second kappa shape index (κ2) is 3.81. The highest BCUT2D eigenvalue weighted by molar-refractivity contribution is 9.09. The van der Waals surface area contributed by atoms with Crippen LogP contribution in [0, 0.1) is 0 Å². The zero-order valence-corrected chi connectivity index (χ0v) is 10.6. The van der Waals surface area contributed by atoms with Gasteiger partial charge in [-0.1, -0.05) is 15.9 Å². The fourth-order valence-electron chi connectivity index (χ4n) is 1.00. The molecule has 14 heavy (non-hydrogen) atoms. The molecule has 1 rings (SSSR count). The molecule has 4 nitrogen and oxygen atoms in total. The summed E-state index contributed by atoms with van der Waals surface area (Å²) in [7, 11) is -3.28. The molecule has 82 valence electrons. The normalized spacial score (nSPS) is 21.4. The van der Waals surface area contributed by atoms with Crippen LogP contribution < -0.4 is 5.32 Å². The van der Waals surface area contributed by atoms with Gasteiger partial charge in [-0.15, -0.1) is 0 Å². The van der Waals surface area contributed by atoms with E-state index in [1.165, 1.54) is 6.92 Å². The number of hydrogen-bond acceptors (Lipinski definition) is 3. The lowest BCUT2D eigenvalue weighted by Crippen LogP contribution is -2.45. The van der Waals surface area contributed by atoms with Crippen molar-refractivity contribution in [3.05, 3.63) is 0 Å². The Morgan fingerprint density at radius 2 is 2.07 bits per heavy atom. The summed E-state index contributed by atoms with van der Waals surface area (Å²) in [5, 5.41) is 2.48. The van der Waals surface area contributed by atoms with Crippen molar-refractivity contribution in [2.24, 2.45) is 0 Å². The van der Waals surface area contributed by atoms with Gasteiger partial charge in [0, 0.05) is 17.1 Å². The highest BCUT2D eigenvalue weighted by atomic mass is 79.9. The third kappa shape index (κ3) is 2.70. The van der Waals surface area contributed by atoms with E-state index in [4.69, 9.17) is 0 Å². The molecule has 1 N–H and O–H groups in total. The lowest BCUT2D eigenvalue weighted by Gasteiger charge is -2.17. The van der Waals surface area contributed by atoms with E-state index in [1.807, 2.05) is 0 Å². The SMILES string of the molecule is CC(C(=O)NC1(CBr)CC1)S(C)(=O)=O. The standard InChI is InChI=1S/C8H14BrNO3S/c1-6(14(2,12)13)7(11)10-8(5-9)3-4-8/h6H,3-5H2,1-2H3,(H,10,11). The lowest BCUT2D eigenvalue weighted by atomic mass is 10.3. The molecule has 6 heteroatoms. The zero-order chi connectivity index (χ0) is 11.0. The predicted molar refractivity (Wildman–Crippen MR) is 58.2 cm³/mol. The second-order valence-corrected chi connectivity index (χ2v) is 6.80. The van der Waals surface area contributed by atoms with Crippen molar-refractivity contribution < 1.29 is 13.2 Å². The van der Waals surface area contributed by atoms with E-state index in [1.54, 1.807) is 0 Å². The maximum Gasteiger partial charge on any atom is 0.238 e. The van der Waals surface area contributed by atoms with Gasteiger partial charge in [-0.05, 0) is 19.8 Å². The minimum atomic E-state index is -3.28. The summed E-state index contributed by atoms with van der Waals surface area (Å²) in [6, 6.07) is 0. The van der Waals surface area contributed by atoms with Crippen LogP contribution in [0.5, 0.6) is 0 Å². The molecule has 0 radical (unpaired) electrons. The molecule has 1 aliphatic carbocycles. The molecule has 1 atom stereocenters. The Morgan fingerprint density at radius 1 is 1.57 bits per heavy atom. The zero-order valence-electron chi connectivity index (χ0n) is 8.21. The van der Waals surface area contributed by atoms with Gasteiger partial charge in [-0.25, -0.2) is 8.42 Å². The first-order chi connectivity index (χ1) is 6.31. The fraction of sp³-hybridized carbons (Fsp3) is 0.875. The molecule has 1 fully saturated rings. The Hall–Kier alpha value is -0.100. The average molecular weight is 284 g/mol. The minimum Gasteiger partial charge on any atom is -0.349 e. The quantitative estimate of drug-likeness (QED) is 0.763. The van der Waals surface area contributed by atoms with E-state index >= 15 is 0 Å². The van der Waals surface area contributed by atoms with E-state index in [-0.39, 0.29) is 5.54 Å². The second-order valence-electron chi connectivity index (χ2n) is 3.87. The van der Waals surface area contributed by atoms with Crippen molar-refractivity contribution >= 4 is 31.7 Å². The van der Waals surface area contributed by atoms with Crippen LogP contribution in [0.3, 0.4) is 0 Å². The molecule has 0 aromatic heterocycles. The first kappa shape index (κ1) is 12.0. The van der Waals surface area contributed by atoms with Gasteiger partial charge in [0.15, 0.2) is 9.84 Å². The summed E-state index contributed by atoms with van der Waals surface area (Å²) in [4.78, 5) is 11.5. The topological polar surface area (TPSA) is 63.2 Å². The van der Waals surface area contributed by atoms with Gasteiger partial charge in [-0.3, -0.25) is 4.79 Å². The third-order valence-electron chi connectivity index (χ3n) is 2.51. The third-order valence-corrected chi connectivity index (χ3v) is 5.08. The number of carbonyl (C=O) groups is 1. The van der Waals surface area contributed by atoms with E-state index in [2.05, 4.69) is 21.2 Å². The number of hydrogen-bond donors (Lipinski definition) is 1. The number of sulfone groups is 1. The Bertz CT molecular complexity index is 334. The first-order valence-corrected chi connectivity index (χ1v) is 7.45. The molecule has 0 heterocycles. The molecule has 1 amide bonds. The number of nitrogens with one attached hydrogen (secondary N) is 1.